The van der Waals surface area contributed by atoms with Gasteiger partial charge in [0.2, 0.25) is 0 Å². The van der Waals surface area contributed by atoms with E-state index in [0.29, 0.717) is 45.5 Å². The number of rotatable bonds is 7. The number of furan rings is 1. The van der Waals surface area contributed by atoms with E-state index in [1.54, 1.807) is 74.7 Å². The summed E-state index contributed by atoms with van der Waals surface area (Å²) in [5, 5.41) is 17.7. The Morgan fingerprint density at radius 2 is 1.82 bits per heavy atom. The highest BCUT2D eigenvalue weighted by Gasteiger charge is 2.29. The van der Waals surface area contributed by atoms with Gasteiger partial charge in [0.25, 0.3) is 11.8 Å². The number of nitrogens with one attached hydrogen (secondary N) is 1. The number of hydrazone groups is 1. The summed E-state index contributed by atoms with van der Waals surface area (Å²) >= 11 is 6.33. The van der Waals surface area contributed by atoms with Crippen LogP contribution in [0.2, 0.25) is 5.02 Å². The van der Waals surface area contributed by atoms with Crippen LogP contribution in [0.4, 0.5) is 11.4 Å². The van der Waals surface area contributed by atoms with Crippen LogP contribution in [0, 0.1) is 0 Å². The second-order valence-corrected chi connectivity index (χ2v) is 9.20. The maximum atomic E-state index is 13.1. The first-order valence-corrected chi connectivity index (χ1v) is 12.4. The van der Waals surface area contributed by atoms with Gasteiger partial charge in [-0.2, -0.15) is 10.1 Å². The molecule has 1 aliphatic rings. The number of nitrogens with zero attached hydrogens (tertiary/aromatic N) is 2. The average Bonchev–Trinajstić information content (AvgIpc) is 3.53. The second kappa shape index (κ2) is 10.9. The molecule has 0 radical (unpaired) electrons. The van der Waals surface area contributed by atoms with Gasteiger partial charge < -0.3 is 19.6 Å². The van der Waals surface area contributed by atoms with Crippen LogP contribution in [0.5, 0.6) is 5.75 Å². The third kappa shape index (κ3) is 5.36. The molecule has 3 aromatic carbocycles. The minimum atomic E-state index is -1.06. The van der Waals surface area contributed by atoms with E-state index in [1.807, 2.05) is 0 Å². The number of aromatic carboxylic acids is 1. The van der Waals surface area contributed by atoms with E-state index >= 15 is 0 Å². The number of carboxylic acid groups (broad SMARTS) is 1. The van der Waals surface area contributed by atoms with Crippen molar-refractivity contribution in [3.8, 4) is 17.1 Å². The highest BCUT2D eigenvalue weighted by atomic mass is 35.5. The second-order valence-electron chi connectivity index (χ2n) is 8.80. The summed E-state index contributed by atoms with van der Waals surface area (Å²) in [5.41, 5.74) is 2.80. The van der Waals surface area contributed by atoms with E-state index in [-0.39, 0.29) is 22.1 Å². The highest BCUT2D eigenvalue weighted by molar-refractivity contribution is 6.34. The van der Waals surface area contributed by atoms with E-state index < -0.39 is 11.9 Å². The summed E-state index contributed by atoms with van der Waals surface area (Å²) in [5.74, 6) is -0.336. The minimum absolute atomic E-state index is 0.109. The van der Waals surface area contributed by atoms with Gasteiger partial charge in [-0.05, 0) is 79.7 Å². The Bertz CT molecular complexity index is 1700. The van der Waals surface area contributed by atoms with Gasteiger partial charge in [-0.1, -0.05) is 17.7 Å². The number of ether oxygens (including phenoxy) is 1. The normalized spacial score (nSPS) is 13.9. The number of carbonyl (C=O) groups excluding carboxylic acids is 2. The standard InChI is InChI=1S/C30H22ClN3O6/c1-17-24(29(36)34(33-17)21-9-6-18(7-10-21)30(37)38)16-23-11-13-27(40-23)19-8-12-26(31)25(14-19)28(35)32-20-4-3-5-22(15-20)39-2/h3-16H,1-2H3,(H,32,35)(H,37,38)/b24-16+. The van der Waals surface area contributed by atoms with Crippen molar-refractivity contribution in [2.24, 2.45) is 5.10 Å². The van der Waals surface area contributed by atoms with Crippen LogP contribution in [0.15, 0.2) is 94.0 Å². The lowest BCUT2D eigenvalue weighted by atomic mass is 10.1. The number of carbonyl (C=O) groups is 3. The number of carboxylic acids is 1. The number of anilines is 2. The third-order valence-corrected chi connectivity index (χ3v) is 6.49. The van der Waals surface area contributed by atoms with Crippen LogP contribution in [0.25, 0.3) is 17.4 Å². The Balaban J connectivity index is 1.36. The van der Waals surface area contributed by atoms with Crippen molar-refractivity contribution in [1.82, 2.24) is 0 Å². The first-order chi connectivity index (χ1) is 19.2. The van der Waals surface area contributed by atoms with Crippen molar-refractivity contribution < 1.29 is 28.6 Å². The molecule has 1 aromatic heterocycles. The fraction of sp³-hybridized carbons (Fsp3) is 0.0667. The fourth-order valence-corrected chi connectivity index (χ4v) is 4.29. The Morgan fingerprint density at radius 1 is 1.05 bits per heavy atom. The van der Waals surface area contributed by atoms with Crippen LogP contribution in [-0.2, 0) is 4.79 Å². The van der Waals surface area contributed by atoms with Gasteiger partial charge >= 0.3 is 5.97 Å². The average molecular weight is 556 g/mol. The third-order valence-electron chi connectivity index (χ3n) is 6.16. The zero-order valence-corrected chi connectivity index (χ0v) is 22.1. The molecular weight excluding hydrogens is 534 g/mol. The Kier molecular flexibility index (Phi) is 7.22. The molecule has 2 amide bonds. The molecule has 2 heterocycles. The highest BCUT2D eigenvalue weighted by Crippen LogP contribution is 2.30. The van der Waals surface area contributed by atoms with Gasteiger partial charge in [0.05, 0.1) is 40.2 Å². The Labute approximate surface area is 233 Å². The molecule has 40 heavy (non-hydrogen) atoms. The summed E-state index contributed by atoms with van der Waals surface area (Å²) in [4.78, 5) is 37.2. The molecule has 0 aliphatic carbocycles. The quantitative estimate of drug-likeness (QED) is 0.256. The van der Waals surface area contributed by atoms with Crippen LogP contribution < -0.4 is 15.1 Å². The molecule has 1 aliphatic heterocycles. The monoisotopic (exact) mass is 555 g/mol. The maximum Gasteiger partial charge on any atom is 0.335 e. The predicted octanol–water partition coefficient (Wildman–Crippen LogP) is 6.37. The molecule has 9 nitrogen and oxygen atoms in total. The summed E-state index contributed by atoms with van der Waals surface area (Å²) in [6.45, 7) is 1.70. The first-order valence-electron chi connectivity index (χ1n) is 12.0. The predicted molar refractivity (Wildman–Crippen MR) is 152 cm³/mol. The van der Waals surface area contributed by atoms with Crippen molar-refractivity contribution in [3.63, 3.8) is 0 Å². The number of hydrogen-bond acceptors (Lipinski definition) is 6. The van der Waals surface area contributed by atoms with Crippen molar-refractivity contribution in [2.45, 2.75) is 6.92 Å². The van der Waals surface area contributed by atoms with Gasteiger partial charge in [0.15, 0.2) is 0 Å². The topological polar surface area (TPSA) is 121 Å². The lowest BCUT2D eigenvalue weighted by Gasteiger charge is -2.11. The van der Waals surface area contributed by atoms with Crippen LogP contribution in [0.1, 0.15) is 33.4 Å². The molecule has 0 unspecified atom stereocenters. The van der Waals surface area contributed by atoms with Crippen molar-refractivity contribution in [2.75, 3.05) is 17.4 Å². The molecule has 4 aromatic rings. The smallest absolute Gasteiger partial charge is 0.335 e. The number of amides is 2. The summed E-state index contributed by atoms with van der Waals surface area (Å²) < 4.78 is 11.2. The first kappa shape index (κ1) is 26.5. The molecule has 0 atom stereocenters. The molecule has 2 N–H and O–H groups in total. The van der Waals surface area contributed by atoms with Crippen LogP contribution >= 0.6 is 11.6 Å². The SMILES string of the molecule is COc1cccc(NC(=O)c2cc(-c3ccc(/C=C4/C(=O)N(c5ccc(C(=O)O)cc5)N=C4C)o3)ccc2Cl)c1. The fourth-order valence-electron chi connectivity index (χ4n) is 4.08. The molecule has 0 bridgehead atoms. The largest absolute Gasteiger partial charge is 0.497 e. The van der Waals surface area contributed by atoms with E-state index in [1.165, 1.54) is 29.3 Å². The summed E-state index contributed by atoms with van der Waals surface area (Å²) in [7, 11) is 1.54. The van der Waals surface area contributed by atoms with E-state index in [4.69, 9.17) is 25.9 Å². The van der Waals surface area contributed by atoms with Gasteiger partial charge in [0, 0.05) is 17.3 Å². The molecule has 10 heteroatoms. The molecular formula is C30H22ClN3O6. The van der Waals surface area contributed by atoms with Crippen LogP contribution in [-0.4, -0.2) is 35.7 Å². The maximum absolute atomic E-state index is 13.1. The lowest BCUT2D eigenvalue weighted by molar-refractivity contribution is -0.114. The van der Waals surface area contributed by atoms with E-state index in [9.17, 15) is 14.4 Å². The van der Waals surface area contributed by atoms with E-state index in [0.717, 1.165) is 0 Å². The van der Waals surface area contributed by atoms with Gasteiger partial charge in [-0.3, -0.25) is 9.59 Å². The zero-order chi connectivity index (χ0) is 28.4. The molecule has 200 valence electrons. The van der Waals surface area contributed by atoms with Crippen molar-refractivity contribution in [3.05, 3.63) is 106 Å². The lowest BCUT2D eigenvalue weighted by Crippen LogP contribution is -2.21. The number of hydrogen-bond donors (Lipinski definition) is 2. The van der Waals surface area contributed by atoms with Gasteiger partial charge in [-0.15, -0.1) is 0 Å². The van der Waals surface area contributed by atoms with E-state index in [2.05, 4.69) is 10.4 Å². The Hall–Kier alpha value is -5.15. The zero-order valence-electron chi connectivity index (χ0n) is 21.3. The molecule has 5 rings (SSSR count). The summed E-state index contributed by atoms with van der Waals surface area (Å²) in [6, 6.07) is 21.3. The van der Waals surface area contributed by atoms with Gasteiger partial charge in [0.1, 0.15) is 17.3 Å². The number of benzene rings is 3. The minimum Gasteiger partial charge on any atom is -0.497 e. The van der Waals surface area contributed by atoms with Crippen molar-refractivity contribution in [1.29, 1.82) is 0 Å². The molecule has 0 saturated heterocycles. The molecule has 0 fully saturated rings. The van der Waals surface area contributed by atoms with Gasteiger partial charge in [-0.25, -0.2) is 4.79 Å². The van der Waals surface area contributed by atoms with Crippen molar-refractivity contribution >= 4 is 52.5 Å². The number of halogens is 1. The van der Waals surface area contributed by atoms with Crippen LogP contribution in [0.3, 0.4) is 0 Å². The number of methoxy groups -OCH3 is 1. The molecule has 0 spiro atoms. The molecule has 0 saturated carbocycles. The summed E-state index contributed by atoms with van der Waals surface area (Å²) in [6.07, 6.45) is 1.59. The Morgan fingerprint density at radius 3 is 2.55 bits per heavy atom.